The van der Waals surface area contributed by atoms with Crippen LogP contribution in [0, 0.1) is 0 Å². The maximum Gasteiger partial charge on any atom is 0.341 e. The molecule has 150 valence electrons. The van der Waals surface area contributed by atoms with Gasteiger partial charge in [0.25, 0.3) is 11.1 Å². The number of thioether (sulfide) groups is 1. The van der Waals surface area contributed by atoms with Crippen molar-refractivity contribution in [1.29, 1.82) is 0 Å². The Hall–Kier alpha value is -2.97. The molecular weight excluding hydrogens is 418 g/mol. The molecule has 0 atom stereocenters. The summed E-state index contributed by atoms with van der Waals surface area (Å²) in [6.07, 6.45) is 1.57. The van der Waals surface area contributed by atoms with Gasteiger partial charge in [0.2, 0.25) is 0 Å². The molecule has 1 saturated heterocycles. The van der Waals surface area contributed by atoms with Crippen LogP contribution in [0.5, 0.6) is 11.5 Å². The Bertz CT molecular complexity index is 989. The number of rotatable bonds is 7. The summed E-state index contributed by atoms with van der Waals surface area (Å²) >= 11 is 6.69. The van der Waals surface area contributed by atoms with Crippen molar-refractivity contribution in [1.82, 2.24) is 0 Å². The Morgan fingerprint density at radius 1 is 1.14 bits per heavy atom. The van der Waals surface area contributed by atoms with Crippen LogP contribution in [0.2, 0.25) is 5.02 Å². The van der Waals surface area contributed by atoms with E-state index < -0.39 is 23.7 Å². The van der Waals surface area contributed by atoms with Crippen LogP contribution in [0.1, 0.15) is 12.5 Å². The summed E-state index contributed by atoms with van der Waals surface area (Å²) in [4.78, 5) is 37.1. The third-order valence-electron chi connectivity index (χ3n) is 3.80. The number of carbonyl (C=O) groups excluding carboxylic acids is 2. The Morgan fingerprint density at radius 2 is 1.86 bits per heavy atom. The van der Waals surface area contributed by atoms with Crippen LogP contribution in [0.4, 0.5) is 10.5 Å². The Morgan fingerprint density at radius 3 is 2.52 bits per heavy atom. The highest BCUT2D eigenvalue weighted by atomic mass is 35.5. The number of nitrogens with zero attached hydrogens (tertiary/aromatic N) is 1. The maximum atomic E-state index is 12.7. The lowest BCUT2D eigenvalue weighted by atomic mass is 10.1. The van der Waals surface area contributed by atoms with E-state index in [4.69, 9.17) is 26.2 Å². The summed E-state index contributed by atoms with van der Waals surface area (Å²) in [5, 5.41) is 8.87. The van der Waals surface area contributed by atoms with E-state index in [9.17, 15) is 14.4 Å². The van der Waals surface area contributed by atoms with E-state index in [1.807, 2.05) is 0 Å². The molecule has 2 aromatic rings. The average molecular weight is 434 g/mol. The first-order valence-electron chi connectivity index (χ1n) is 8.54. The third kappa shape index (κ3) is 4.90. The van der Waals surface area contributed by atoms with Crippen molar-refractivity contribution in [2.24, 2.45) is 0 Å². The molecule has 0 unspecified atom stereocenters. The van der Waals surface area contributed by atoms with Gasteiger partial charge in [-0.1, -0.05) is 17.7 Å². The summed E-state index contributed by atoms with van der Waals surface area (Å²) in [6.45, 7) is 1.63. The van der Waals surface area contributed by atoms with E-state index in [2.05, 4.69) is 0 Å². The minimum atomic E-state index is -1.10. The Kier molecular flexibility index (Phi) is 6.46. The van der Waals surface area contributed by atoms with E-state index in [1.54, 1.807) is 55.5 Å². The zero-order valence-electron chi connectivity index (χ0n) is 15.3. The molecule has 2 aromatic carbocycles. The Labute approximate surface area is 175 Å². The number of imide groups is 1. The molecule has 2 amide bonds. The minimum absolute atomic E-state index is 0.256. The third-order valence-corrected chi connectivity index (χ3v) is 4.92. The lowest BCUT2D eigenvalue weighted by Crippen LogP contribution is -2.27. The number of benzene rings is 2. The molecule has 0 saturated carbocycles. The van der Waals surface area contributed by atoms with E-state index >= 15 is 0 Å². The van der Waals surface area contributed by atoms with Crippen LogP contribution < -0.4 is 14.4 Å². The van der Waals surface area contributed by atoms with Crippen molar-refractivity contribution in [2.75, 3.05) is 18.1 Å². The number of carboxylic acids is 1. The number of carboxylic acid groups (broad SMARTS) is 1. The van der Waals surface area contributed by atoms with Gasteiger partial charge in [0, 0.05) is 5.02 Å². The van der Waals surface area contributed by atoms with Crippen molar-refractivity contribution in [3.63, 3.8) is 0 Å². The van der Waals surface area contributed by atoms with Crippen molar-refractivity contribution in [3.8, 4) is 11.5 Å². The standard InChI is InChI=1S/C20H16ClNO6S/c1-2-27-16-9-12(3-8-15(16)28-11-18(23)24)10-17-19(25)22(20(26)29-17)14-6-4-13(21)5-7-14/h3-10H,2,11H2,1H3,(H,23,24)/b17-10+. The molecule has 3 rings (SSSR count). The van der Waals surface area contributed by atoms with Crippen molar-refractivity contribution in [3.05, 3.63) is 58.0 Å². The van der Waals surface area contributed by atoms with Crippen LogP contribution in [0.3, 0.4) is 0 Å². The van der Waals surface area contributed by atoms with Crippen molar-refractivity contribution < 1.29 is 29.0 Å². The van der Waals surface area contributed by atoms with E-state index in [0.717, 1.165) is 16.7 Å². The molecule has 1 aliphatic rings. The van der Waals surface area contributed by atoms with Gasteiger partial charge >= 0.3 is 5.97 Å². The highest BCUT2D eigenvalue weighted by molar-refractivity contribution is 8.19. The van der Waals surface area contributed by atoms with E-state index in [0.29, 0.717) is 28.6 Å². The van der Waals surface area contributed by atoms with Gasteiger partial charge in [-0.15, -0.1) is 0 Å². The highest BCUT2D eigenvalue weighted by Crippen LogP contribution is 2.37. The number of hydrogen-bond acceptors (Lipinski definition) is 6. The predicted octanol–water partition coefficient (Wildman–Crippen LogP) is 4.44. The molecule has 29 heavy (non-hydrogen) atoms. The largest absolute Gasteiger partial charge is 0.490 e. The number of carbonyl (C=O) groups is 3. The van der Waals surface area contributed by atoms with E-state index in [1.165, 1.54) is 0 Å². The first kappa shape index (κ1) is 20.8. The van der Waals surface area contributed by atoms with Crippen LogP contribution in [0.25, 0.3) is 6.08 Å². The summed E-state index contributed by atoms with van der Waals surface area (Å²) in [5.74, 6) is -0.918. The Balaban J connectivity index is 1.86. The molecule has 0 spiro atoms. The molecule has 0 bridgehead atoms. The fourth-order valence-electron chi connectivity index (χ4n) is 2.57. The predicted molar refractivity (Wildman–Crippen MR) is 111 cm³/mol. The zero-order chi connectivity index (χ0) is 21.0. The van der Waals surface area contributed by atoms with Gasteiger partial charge in [-0.2, -0.15) is 0 Å². The summed E-state index contributed by atoms with van der Waals surface area (Å²) < 4.78 is 10.7. The lowest BCUT2D eigenvalue weighted by molar-refractivity contribution is -0.139. The quantitative estimate of drug-likeness (QED) is 0.645. The van der Waals surface area contributed by atoms with Gasteiger partial charge in [-0.25, -0.2) is 9.69 Å². The average Bonchev–Trinajstić information content (AvgIpc) is 2.95. The van der Waals surface area contributed by atoms with Gasteiger partial charge in [-0.3, -0.25) is 9.59 Å². The number of hydrogen-bond donors (Lipinski definition) is 1. The smallest absolute Gasteiger partial charge is 0.341 e. The maximum absolute atomic E-state index is 12.7. The van der Waals surface area contributed by atoms with E-state index in [-0.39, 0.29) is 10.7 Å². The zero-order valence-corrected chi connectivity index (χ0v) is 16.8. The topological polar surface area (TPSA) is 93.1 Å². The van der Waals surface area contributed by atoms with Gasteiger partial charge in [0.05, 0.1) is 17.2 Å². The number of halogens is 1. The molecule has 0 aliphatic carbocycles. The van der Waals surface area contributed by atoms with Crippen LogP contribution in [-0.4, -0.2) is 35.4 Å². The molecular formula is C20H16ClNO6S. The van der Waals surface area contributed by atoms with Gasteiger partial charge in [-0.05, 0) is 66.7 Å². The molecule has 9 heteroatoms. The number of aliphatic carboxylic acids is 1. The lowest BCUT2D eigenvalue weighted by Gasteiger charge is -2.12. The molecule has 1 fully saturated rings. The number of ether oxygens (including phenoxy) is 2. The van der Waals surface area contributed by atoms with Crippen molar-refractivity contribution >= 4 is 52.2 Å². The SMILES string of the molecule is CCOc1cc(/C=C2/SC(=O)N(c3ccc(Cl)cc3)C2=O)ccc1OCC(=O)O. The van der Waals surface area contributed by atoms with Crippen LogP contribution >= 0.6 is 23.4 Å². The molecule has 0 radical (unpaired) electrons. The first-order chi connectivity index (χ1) is 13.9. The summed E-state index contributed by atoms with van der Waals surface area (Å²) in [5.41, 5.74) is 1.05. The first-order valence-corrected chi connectivity index (χ1v) is 9.73. The molecule has 0 aromatic heterocycles. The fraction of sp³-hybridized carbons (Fsp3) is 0.150. The van der Waals surface area contributed by atoms with Gasteiger partial charge in [0.1, 0.15) is 0 Å². The number of amides is 2. The summed E-state index contributed by atoms with van der Waals surface area (Å²) in [6, 6.07) is 11.2. The second kappa shape index (κ2) is 9.02. The second-order valence-corrected chi connectivity index (χ2v) is 7.24. The minimum Gasteiger partial charge on any atom is -0.490 e. The molecule has 1 heterocycles. The highest BCUT2D eigenvalue weighted by Gasteiger charge is 2.36. The second-order valence-electron chi connectivity index (χ2n) is 5.82. The number of anilines is 1. The van der Waals surface area contributed by atoms with Crippen molar-refractivity contribution in [2.45, 2.75) is 6.92 Å². The van der Waals surface area contributed by atoms with Crippen LogP contribution in [-0.2, 0) is 9.59 Å². The van der Waals surface area contributed by atoms with Gasteiger partial charge < -0.3 is 14.6 Å². The molecule has 7 nitrogen and oxygen atoms in total. The van der Waals surface area contributed by atoms with Gasteiger partial charge in [0.15, 0.2) is 18.1 Å². The normalized spacial score (nSPS) is 15.1. The fourth-order valence-corrected chi connectivity index (χ4v) is 3.54. The molecule has 1 aliphatic heterocycles. The van der Waals surface area contributed by atoms with Crippen LogP contribution in [0.15, 0.2) is 47.4 Å². The summed E-state index contributed by atoms with van der Waals surface area (Å²) in [7, 11) is 0. The monoisotopic (exact) mass is 433 g/mol. The molecule has 1 N–H and O–H groups in total.